The Kier molecular flexibility index (Phi) is 2.79. The first kappa shape index (κ1) is 13.1. The second-order valence-electron chi connectivity index (χ2n) is 5.79. The van der Waals surface area contributed by atoms with Crippen LogP contribution in [0.25, 0.3) is 21.8 Å². The summed E-state index contributed by atoms with van der Waals surface area (Å²) in [5.74, 6) is -0.157. The van der Waals surface area contributed by atoms with Crippen molar-refractivity contribution in [3.8, 4) is 0 Å². The van der Waals surface area contributed by atoms with Gasteiger partial charge in [0.05, 0.1) is 6.20 Å². The maximum Gasteiger partial charge on any atom is 0.291 e. The highest BCUT2D eigenvalue weighted by Crippen LogP contribution is 2.24. The largest absolute Gasteiger partial charge is 0.352 e. The number of amides is 1. The van der Waals surface area contributed by atoms with E-state index in [1.54, 1.807) is 6.20 Å². The van der Waals surface area contributed by atoms with E-state index in [1.807, 2.05) is 35.9 Å². The van der Waals surface area contributed by atoms with Crippen molar-refractivity contribution in [1.29, 1.82) is 0 Å². The van der Waals surface area contributed by atoms with Gasteiger partial charge in [-0.05, 0) is 18.9 Å². The predicted molar refractivity (Wildman–Crippen MR) is 83.6 cm³/mol. The van der Waals surface area contributed by atoms with E-state index < -0.39 is 0 Å². The lowest BCUT2D eigenvalue weighted by atomic mass is 10.2. The fourth-order valence-corrected chi connectivity index (χ4v) is 2.86. The molecule has 2 heterocycles. The topological polar surface area (TPSA) is 68.9 Å². The van der Waals surface area contributed by atoms with Crippen LogP contribution < -0.4 is 10.9 Å². The van der Waals surface area contributed by atoms with Crippen molar-refractivity contribution in [3.63, 3.8) is 0 Å². The summed E-state index contributed by atoms with van der Waals surface area (Å²) >= 11 is 0. The van der Waals surface area contributed by atoms with E-state index in [4.69, 9.17) is 0 Å². The molecule has 0 spiro atoms. The third-order valence-corrected chi connectivity index (χ3v) is 4.15. The standard InChI is InChI=1S/C16H16N4O2/c1-19-13-5-3-2-4-11(13)12-8-17-20(16(22)15(12)19)9-14(21)18-10-6-7-10/h2-5,8,10H,6-7,9H2,1H3,(H,18,21). The second kappa shape index (κ2) is 4.69. The zero-order valence-electron chi connectivity index (χ0n) is 12.2. The van der Waals surface area contributed by atoms with Gasteiger partial charge in [-0.1, -0.05) is 18.2 Å². The molecule has 1 aliphatic carbocycles. The van der Waals surface area contributed by atoms with Crippen LogP contribution in [0.5, 0.6) is 0 Å². The van der Waals surface area contributed by atoms with Crippen molar-refractivity contribution >= 4 is 27.7 Å². The number of nitrogens with one attached hydrogen (secondary N) is 1. The van der Waals surface area contributed by atoms with Crippen LogP contribution in [0, 0.1) is 0 Å². The van der Waals surface area contributed by atoms with Crippen molar-refractivity contribution in [2.75, 3.05) is 0 Å². The SMILES string of the molecule is Cn1c2ccccc2c2cnn(CC(=O)NC3CC3)c(=O)c21. The Morgan fingerprint density at radius 1 is 1.32 bits per heavy atom. The van der Waals surface area contributed by atoms with Gasteiger partial charge >= 0.3 is 0 Å². The van der Waals surface area contributed by atoms with E-state index in [9.17, 15) is 9.59 Å². The number of hydrogen-bond acceptors (Lipinski definition) is 3. The van der Waals surface area contributed by atoms with Crippen molar-refractivity contribution in [2.24, 2.45) is 7.05 Å². The minimum atomic E-state index is -0.234. The Morgan fingerprint density at radius 2 is 2.09 bits per heavy atom. The number of carbonyl (C=O) groups is 1. The van der Waals surface area contributed by atoms with Gasteiger partial charge in [0.2, 0.25) is 5.91 Å². The monoisotopic (exact) mass is 296 g/mol. The van der Waals surface area contributed by atoms with Gasteiger partial charge in [-0.2, -0.15) is 5.10 Å². The highest BCUT2D eigenvalue weighted by atomic mass is 16.2. The summed E-state index contributed by atoms with van der Waals surface area (Å²) in [4.78, 5) is 24.5. The number of fused-ring (bicyclic) bond motifs is 3. The fourth-order valence-electron chi connectivity index (χ4n) is 2.86. The fraction of sp³-hybridized carbons (Fsp3) is 0.312. The normalized spacial score (nSPS) is 14.6. The zero-order valence-corrected chi connectivity index (χ0v) is 12.2. The summed E-state index contributed by atoms with van der Waals surface area (Å²) in [7, 11) is 1.86. The van der Waals surface area contributed by atoms with Gasteiger partial charge in [-0.15, -0.1) is 0 Å². The Labute approximate surface area is 126 Å². The number of carbonyl (C=O) groups excluding carboxylic acids is 1. The molecular weight excluding hydrogens is 280 g/mol. The molecule has 0 bridgehead atoms. The molecule has 0 radical (unpaired) electrons. The molecule has 1 aromatic carbocycles. The highest BCUT2D eigenvalue weighted by Gasteiger charge is 2.23. The zero-order chi connectivity index (χ0) is 15.3. The highest BCUT2D eigenvalue weighted by molar-refractivity contribution is 6.07. The summed E-state index contributed by atoms with van der Waals surface area (Å²) in [5.41, 5.74) is 1.33. The molecule has 0 atom stereocenters. The number of nitrogens with zero attached hydrogens (tertiary/aromatic N) is 3. The Bertz CT molecular complexity index is 950. The average molecular weight is 296 g/mol. The summed E-state index contributed by atoms with van der Waals surface area (Å²) < 4.78 is 3.10. The molecule has 4 rings (SSSR count). The summed E-state index contributed by atoms with van der Waals surface area (Å²) in [6.07, 6.45) is 3.72. The van der Waals surface area contributed by atoms with Gasteiger partial charge in [0.25, 0.3) is 5.56 Å². The number of rotatable bonds is 3. The van der Waals surface area contributed by atoms with Crippen LogP contribution in [0.3, 0.4) is 0 Å². The molecule has 6 heteroatoms. The van der Waals surface area contributed by atoms with Crippen molar-refractivity contribution in [2.45, 2.75) is 25.4 Å². The van der Waals surface area contributed by atoms with Gasteiger partial charge in [-0.25, -0.2) is 4.68 Å². The van der Waals surface area contributed by atoms with Crippen LogP contribution in [0.4, 0.5) is 0 Å². The number of aromatic nitrogens is 3. The molecule has 0 aliphatic heterocycles. The number of para-hydroxylation sites is 1. The van der Waals surface area contributed by atoms with Gasteiger partial charge in [0, 0.05) is 29.4 Å². The summed E-state index contributed by atoms with van der Waals surface area (Å²) in [6, 6.07) is 8.11. The molecule has 1 aliphatic rings. The number of aryl methyl sites for hydroxylation is 1. The van der Waals surface area contributed by atoms with Crippen molar-refractivity contribution < 1.29 is 4.79 Å². The third kappa shape index (κ3) is 1.99. The molecular formula is C16H16N4O2. The molecule has 6 nitrogen and oxygen atoms in total. The Balaban J connectivity index is 1.82. The number of benzene rings is 1. The molecule has 1 saturated carbocycles. The lowest BCUT2D eigenvalue weighted by Gasteiger charge is -2.06. The summed E-state index contributed by atoms with van der Waals surface area (Å²) in [6.45, 7) is -0.0349. The second-order valence-corrected chi connectivity index (χ2v) is 5.79. The molecule has 1 N–H and O–H groups in total. The minimum Gasteiger partial charge on any atom is -0.352 e. The lowest BCUT2D eigenvalue weighted by molar-refractivity contribution is -0.122. The molecule has 3 aromatic rings. The molecule has 1 fully saturated rings. The van der Waals surface area contributed by atoms with Crippen LogP contribution in [0.15, 0.2) is 35.3 Å². The van der Waals surface area contributed by atoms with Crippen LogP contribution in [-0.2, 0) is 18.4 Å². The van der Waals surface area contributed by atoms with E-state index in [0.717, 1.165) is 29.1 Å². The smallest absolute Gasteiger partial charge is 0.291 e. The predicted octanol–water partition coefficient (Wildman–Crippen LogP) is 1.17. The van der Waals surface area contributed by atoms with Gasteiger partial charge in [0.1, 0.15) is 12.1 Å². The Morgan fingerprint density at radius 3 is 2.86 bits per heavy atom. The molecule has 0 saturated heterocycles. The Hall–Kier alpha value is -2.63. The molecule has 22 heavy (non-hydrogen) atoms. The van der Waals surface area contributed by atoms with Gasteiger partial charge in [-0.3, -0.25) is 9.59 Å². The first-order valence-electron chi connectivity index (χ1n) is 7.38. The van der Waals surface area contributed by atoms with Gasteiger partial charge in [0.15, 0.2) is 0 Å². The first-order valence-corrected chi connectivity index (χ1v) is 7.38. The third-order valence-electron chi connectivity index (χ3n) is 4.15. The maximum atomic E-state index is 12.7. The van der Waals surface area contributed by atoms with Crippen LogP contribution in [0.1, 0.15) is 12.8 Å². The van der Waals surface area contributed by atoms with E-state index in [2.05, 4.69) is 10.4 Å². The van der Waals surface area contributed by atoms with E-state index in [0.29, 0.717) is 5.52 Å². The molecule has 2 aromatic heterocycles. The maximum absolute atomic E-state index is 12.7. The number of hydrogen-bond donors (Lipinski definition) is 1. The molecule has 0 unspecified atom stereocenters. The van der Waals surface area contributed by atoms with Crippen LogP contribution >= 0.6 is 0 Å². The van der Waals surface area contributed by atoms with Crippen molar-refractivity contribution in [1.82, 2.24) is 19.7 Å². The van der Waals surface area contributed by atoms with E-state index in [-0.39, 0.29) is 24.1 Å². The van der Waals surface area contributed by atoms with E-state index >= 15 is 0 Å². The minimum absolute atomic E-state index is 0.0349. The average Bonchev–Trinajstić information content (AvgIpc) is 3.27. The lowest BCUT2D eigenvalue weighted by Crippen LogP contribution is -2.34. The molecule has 112 valence electrons. The van der Waals surface area contributed by atoms with Crippen molar-refractivity contribution in [3.05, 3.63) is 40.8 Å². The van der Waals surface area contributed by atoms with Gasteiger partial charge < -0.3 is 9.88 Å². The molecule has 1 amide bonds. The first-order chi connectivity index (χ1) is 10.6. The summed E-state index contributed by atoms with van der Waals surface area (Å²) in [5, 5.41) is 8.86. The quantitative estimate of drug-likeness (QED) is 0.788. The van der Waals surface area contributed by atoms with E-state index in [1.165, 1.54) is 4.68 Å². The van der Waals surface area contributed by atoms with Crippen LogP contribution in [0.2, 0.25) is 0 Å². The van der Waals surface area contributed by atoms with Crippen LogP contribution in [-0.4, -0.2) is 26.3 Å².